The van der Waals surface area contributed by atoms with E-state index in [0.29, 0.717) is 12.5 Å². The fourth-order valence-corrected chi connectivity index (χ4v) is 3.65. The van der Waals surface area contributed by atoms with Crippen molar-refractivity contribution >= 4 is 0 Å². The van der Waals surface area contributed by atoms with E-state index in [2.05, 4.69) is 0 Å². The molecule has 2 bridgehead atoms. The first kappa shape index (κ1) is 12.8. The van der Waals surface area contributed by atoms with Gasteiger partial charge in [0, 0.05) is 20.6 Å². The molecule has 3 heterocycles. The minimum Gasteiger partial charge on any atom is -0.379 e. The molecule has 4 fully saturated rings. The van der Waals surface area contributed by atoms with Crippen LogP contribution in [-0.4, -0.2) is 38.5 Å². The van der Waals surface area contributed by atoms with Crippen molar-refractivity contribution in [2.24, 2.45) is 5.92 Å². The fourth-order valence-electron chi connectivity index (χ4n) is 3.65. The predicted octanol–water partition coefficient (Wildman–Crippen LogP) is 2.00. The average Bonchev–Trinajstić information content (AvgIpc) is 2.64. The van der Waals surface area contributed by atoms with Gasteiger partial charge in [0.2, 0.25) is 5.79 Å². The van der Waals surface area contributed by atoms with Gasteiger partial charge in [0.05, 0.1) is 0 Å². The summed E-state index contributed by atoms with van der Waals surface area (Å²) >= 11 is 0. The third-order valence-corrected chi connectivity index (χ3v) is 4.58. The van der Waals surface area contributed by atoms with Crippen LogP contribution in [0.4, 0.5) is 0 Å². The first-order chi connectivity index (χ1) is 8.75. The molecule has 0 N–H and O–H groups in total. The lowest BCUT2D eigenvalue weighted by atomic mass is 9.73. The van der Waals surface area contributed by atoms with E-state index in [9.17, 15) is 0 Å². The molecule has 1 aliphatic carbocycles. The van der Waals surface area contributed by atoms with Gasteiger partial charge in [-0.05, 0) is 25.2 Å². The van der Waals surface area contributed by atoms with Gasteiger partial charge in [0.15, 0.2) is 11.9 Å². The van der Waals surface area contributed by atoms with E-state index in [4.69, 9.17) is 24.0 Å². The minimum absolute atomic E-state index is 0.353. The lowest BCUT2D eigenvalue weighted by molar-refractivity contribution is -0.554. The number of fused-ring (bicyclic) bond motifs is 3. The summed E-state index contributed by atoms with van der Waals surface area (Å²) < 4.78 is 16.8. The maximum absolute atomic E-state index is 6.05. The Hall–Kier alpha value is -0.200. The highest BCUT2D eigenvalue weighted by Crippen LogP contribution is 2.52. The highest BCUT2D eigenvalue weighted by atomic mass is 17.3. The third-order valence-electron chi connectivity index (χ3n) is 4.58. The van der Waals surface area contributed by atoms with Crippen molar-refractivity contribution < 1.29 is 24.0 Å². The molecule has 5 nitrogen and oxygen atoms in total. The molecule has 0 amide bonds. The Balaban J connectivity index is 1.90. The molecule has 5 heteroatoms. The second-order valence-corrected chi connectivity index (χ2v) is 5.63. The second kappa shape index (κ2) is 4.72. The first-order valence-electron chi connectivity index (χ1n) is 6.81. The Labute approximate surface area is 108 Å². The molecular weight excluding hydrogens is 236 g/mol. The first-order valence-corrected chi connectivity index (χ1v) is 6.81. The largest absolute Gasteiger partial charge is 0.379 e. The van der Waals surface area contributed by atoms with E-state index in [1.165, 1.54) is 6.42 Å². The van der Waals surface area contributed by atoms with Crippen LogP contribution in [0.1, 0.15) is 38.5 Å². The Kier molecular flexibility index (Phi) is 3.36. The summed E-state index contributed by atoms with van der Waals surface area (Å²) in [7, 11) is 3.32. The van der Waals surface area contributed by atoms with Gasteiger partial charge in [-0.1, -0.05) is 12.8 Å². The molecular formula is C13H22O5. The SMILES string of the molecule is COC[C@]12CC[C@H]3CCCC[C@@]3(OO1)[C@@H](OC)O2. The number of hydrogen-bond donors (Lipinski definition) is 0. The van der Waals surface area contributed by atoms with Crippen molar-refractivity contribution in [3.8, 4) is 0 Å². The lowest BCUT2D eigenvalue weighted by Gasteiger charge is -2.49. The van der Waals surface area contributed by atoms with Gasteiger partial charge in [-0.25, -0.2) is 4.89 Å². The summed E-state index contributed by atoms with van der Waals surface area (Å²) in [5.41, 5.74) is -0.416. The number of ether oxygens (including phenoxy) is 3. The average molecular weight is 258 g/mol. The molecule has 104 valence electrons. The maximum Gasteiger partial charge on any atom is 0.227 e. The monoisotopic (exact) mass is 258 g/mol. The van der Waals surface area contributed by atoms with Crippen LogP contribution in [0.5, 0.6) is 0 Å². The van der Waals surface area contributed by atoms with Crippen LogP contribution in [-0.2, 0) is 24.0 Å². The smallest absolute Gasteiger partial charge is 0.227 e. The zero-order valence-corrected chi connectivity index (χ0v) is 11.1. The van der Waals surface area contributed by atoms with Crippen molar-refractivity contribution in [1.82, 2.24) is 0 Å². The third kappa shape index (κ3) is 1.80. The molecule has 4 aliphatic rings. The zero-order chi connectivity index (χ0) is 12.6. The summed E-state index contributed by atoms with van der Waals surface area (Å²) in [6.07, 6.45) is 5.99. The molecule has 0 aromatic heterocycles. The zero-order valence-electron chi connectivity index (χ0n) is 11.1. The van der Waals surface area contributed by atoms with Gasteiger partial charge in [-0.15, -0.1) is 0 Å². The maximum atomic E-state index is 6.05. The molecule has 18 heavy (non-hydrogen) atoms. The molecule has 1 spiro atoms. The Bertz CT molecular complexity index is 306. The Morgan fingerprint density at radius 3 is 2.78 bits per heavy atom. The highest BCUT2D eigenvalue weighted by molar-refractivity contribution is 4.99. The summed E-state index contributed by atoms with van der Waals surface area (Å²) in [6, 6.07) is 0. The minimum atomic E-state index is -0.794. The number of rotatable bonds is 3. The van der Waals surface area contributed by atoms with Crippen molar-refractivity contribution in [2.45, 2.75) is 56.2 Å². The van der Waals surface area contributed by atoms with Crippen LogP contribution in [0.3, 0.4) is 0 Å². The topological polar surface area (TPSA) is 46.2 Å². The molecule has 4 rings (SSSR count). The second-order valence-electron chi connectivity index (χ2n) is 5.63. The molecule has 0 unspecified atom stereocenters. The predicted molar refractivity (Wildman–Crippen MR) is 62.6 cm³/mol. The van der Waals surface area contributed by atoms with Crippen molar-refractivity contribution in [1.29, 1.82) is 0 Å². The summed E-state index contributed by atoms with van der Waals surface area (Å²) in [5.74, 6) is -0.338. The molecule has 3 aliphatic heterocycles. The fraction of sp³-hybridized carbons (Fsp3) is 1.00. The van der Waals surface area contributed by atoms with Crippen LogP contribution in [0.25, 0.3) is 0 Å². The van der Waals surface area contributed by atoms with Gasteiger partial charge < -0.3 is 14.2 Å². The molecule has 0 radical (unpaired) electrons. The molecule has 1 saturated carbocycles. The molecule has 4 atom stereocenters. The van der Waals surface area contributed by atoms with Crippen molar-refractivity contribution in [3.05, 3.63) is 0 Å². The van der Waals surface area contributed by atoms with Gasteiger partial charge >= 0.3 is 0 Å². The van der Waals surface area contributed by atoms with Crippen LogP contribution in [0, 0.1) is 5.92 Å². The number of hydrogen-bond acceptors (Lipinski definition) is 5. The molecule has 3 saturated heterocycles. The Morgan fingerprint density at radius 1 is 1.11 bits per heavy atom. The lowest BCUT2D eigenvalue weighted by Crippen LogP contribution is -2.60. The number of methoxy groups -OCH3 is 2. The summed E-state index contributed by atoms with van der Waals surface area (Å²) in [5, 5.41) is 0. The van der Waals surface area contributed by atoms with E-state index >= 15 is 0 Å². The van der Waals surface area contributed by atoms with Gasteiger partial charge in [0.25, 0.3) is 0 Å². The quantitative estimate of drug-likeness (QED) is 0.725. The molecule has 0 aromatic carbocycles. The Morgan fingerprint density at radius 2 is 2.00 bits per heavy atom. The van der Waals surface area contributed by atoms with Crippen molar-refractivity contribution in [2.75, 3.05) is 20.8 Å². The van der Waals surface area contributed by atoms with Crippen molar-refractivity contribution in [3.63, 3.8) is 0 Å². The van der Waals surface area contributed by atoms with E-state index < -0.39 is 11.4 Å². The van der Waals surface area contributed by atoms with E-state index in [-0.39, 0.29) is 6.29 Å². The van der Waals surface area contributed by atoms with Gasteiger partial charge in [0.1, 0.15) is 6.61 Å². The summed E-state index contributed by atoms with van der Waals surface area (Å²) in [6.45, 7) is 0.371. The normalized spacial score (nSPS) is 47.7. The van der Waals surface area contributed by atoms with Crippen LogP contribution < -0.4 is 0 Å². The van der Waals surface area contributed by atoms with E-state index in [1.807, 2.05) is 0 Å². The van der Waals surface area contributed by atoms with Gasteiger partial charge in [-0.3, -0.25) is 0 Å². The van der Waals surface area contributed by atoms with Crippen LogP contribution >= 0.6 is 0 Å². The van der Waals surface area contributed by atoms with E-state index in [0.717, 1.165) is 32.1 Å². The highest BCUT2D eigenvalue weighted by Gasteiger charge is 2.61. The standard InChI is InChI=1S/C13H22O5/c1-14-9-12-8-6-10-5-3-4-7-13(10,18-17-12)11(15-2)16-12/h10-11H,3-9H2,1-2H3/t10-,11+,12+,13+/m1/s1. The molecule has 0 aromatic rings. The van der Waals surface area contributed by atoms with Crippen LogP contribution in [0.15, 0.2) is 0 Å². The van der Waals surface area contributed by atoms with E-state index in [1.54, 1.807) is 14.2 Å². The van der Waals surface area contributed by atoms with Crippen LogP contribution in [0.2, 0.25) is 0 Å². The van der Waals surface area contributed by atoms with Gasteiger partial charge in [-0.2, -0.15) is 4.89 Å². The summed E-state index contributed by atoms with van der Waals surface area (Å²) in [4.78, 5) is 11.4.